The van der Waals surface area contributed by atoms with Gasteiger partial charge in [-0.25, -0.2) is 14.6 Å². The summed E-state index contributed by atoms with van der Waals surface area (Å²) in [5.74, 6) is 3.57. The van der Waals surface area contributed by atoms with Gasteiger partial charge in [-0.05, 0) is 25.3 Å². The second-order valence-corrected chi connectivity index (χ2v) is 6.85. The van der Waals surface area contributed by atoms with Crippen molar-refractivity contribution < 1.29 is 0 Å². The molecule has 0 spiro atoms. The Labute approximate surface area is 132 Å². The second kappa shape index (κ2) is 6.60. The van der Waals surface area contributed by atoms with E-state index in [0.29, 0.717) is 11.8 Å². The molecule has 22 heavy (non-hydrogen) atoms. The number of aryl methyl sites for hydroxylation is 1. The Morgan fingerprint density at radius 3 is 3.05 bits per heavy atom. The minimum absolute atomic E-state index is 0.587. The summed E-state index contributed by atoms with van der Waals surface area (Å²) in [6, 6.07) is 0. The van der Waals surface area contributed by atoms with E-state index in [2.05, 4.69) is 51.6 Å². The first-order valence-electron chi connectivity index (χ1n) is 8.17. The molecule has 0 fully saturated rings. The molecule has 1 aliphatic rings. The van der Waals surface area contributed by atoms with Crippen LogP contribution in [0.1, 0.15) is 31.9 Å². The van der Waals surface area contributed by atoms with Crippen LogP contribution in [-0.2, 0) is 26.1 Å². The van der Waals surface area contributed by atoms with E-state index in [1.807, 2.05) is 10.9 Å². The Hall–Kier alpha value is -1.69. The summed E-state index contributed by atoms with van der Waals surface area (Å²) in [5, 5.41) is 4.35. The average molecular weight is 302 g/mol. The fourth-order valence-electron chi connectivity index (χ4n) is 3.24. The number of aromatic nitrogens is 5. The van der Waals surface area contributed by atoms with Crippen molar-refractivity contribution in [2.24, 2.45) is 11.8 Å². The fourth-order valence-corrected chi connectivity index (χ4v) is 3.24. The normalized spacial score (nSPS) is 18.1. The molecule has 0 aliphatic carbocycles. The Bertz CT molecular complexity index is 599. The van der Waals surface area contributed by atoms with Gasteiger partial charge in [0.15, 0.2) is 0 Å². The summed E-state index contributed by atoms with van der Waals surface area (Å²) < 4.78 is 4.33. The van der Waals surface area contributed by atoms with Gasteiger partial charge in [0, 0.05) is 38.4 Å². The third-order valence-corrected chi connectivity index (χ3v) is 4.25. The third kappa shape index (κ3) is 3.55. The van der Waals surface area contributed by atoms with Gasteiger partial charge >= 0.3 is 0 Å². The highest BCUT2D eigenvalue weighted by Crippen LogP contribution is 2.19. The maximum absolute atomic E-state index is 4.42. The van der Waals surface area contributed by atoms with E-state index in [1.165, 1.54) is 12.2 Å². The Morgan fingerprint density at radius 1 is 1.36 bits per heavy atom. The van der Waals surface area contributed by atoms with Gasteiger partial charge in [0.05, 0.1) is 6.54 Å². The molecule has 0 aromatic carbocycles. The van der Waals surface area contributed by atoms with E-state index >= 15 is 0 Å². The summed E-state index contributed by atoms with van der Waals surface area (Å²) in [6.45, 7) is 8.38. The molecular weight excluding hydrogens is 276 g/mol. The monoisotopic (exact) mass is 302 g/mol. The standard InChI is InChI=1S/C16H26N6/c1-13(2)8-22-16(18-12-19-22)11-20(3)9-14-4-5-15-17-6-7-21(15)10-14/h6-7,12-14H,4-5,8-11H2,1-3H3/t14-/m1/s1. The number of hydrogen-bond acceptors (Lipinski definition) is 4. The number of hydrogen-bond donors (Lipinski definition) is 0. The second-order valence-electron chi connectivity index (χ2n) is 6.85. The Morgan fingerprint density at radius 2 is 2.23 bits per heavy atom. The fraction of sp³-hybridized carbons (Fsp3) is 0.688. The molecule has 6 nitrogen and oxygen atoms in total. The Kier molecular flexibility index (Phi) is 4.57. The molecule has 0 N–H and O–H groups in total. The zero-order valence-electron chi connectivity index (χ0n) is 13.8. The molecule has 1 atom stereocenters. The molecule has 6 heteroatoms. The minimum Gasteiger partial charge on any atom is -0.335 e. The van der Waals surface area contributed by atoms with Crippen molar-refractivity contribution in [2.45, 2.75) is 46.3 Å². The van der Waals surface area contributed by atoms with Crippen molar-refractivity contribution >= 4 is 0 Å². The van der Waals surface area contributed by atoms with Gasteiger partial charge in [0.1, 0.15) is 18.0 Å². The van der Waals surface area contributed by atoms with Crippen molar-refractivity contribution in [2.75, 3.05) is 13.6 Å². The molecule has 0 amide bonds. The highest BCUT2D eigenvalue weighted by molar-refractivity contribution is 4.97. The molecule has 0 saturated carbocycles. The number of rotatable bonds is 6. The first-order chi connectivity index (χ1) is 10.6. The van der Waals surface area contributed by atoms with E-state index in [9.17, 15) is 0 Å². The molecule has 2 aromatic rings. The van der Waals surface area contributed by atoms with E-state index in [-0.39, 0.29) is 0 Å². The Balaban J connectivity index is 1.55. The van der Waals surface area contributed by atoms with Gasteiger partial charge in [-0.15, -0.1) is 0 Å². The summed E-state index contributed by atoms with van der Waals surface area (Å²) in [7, 11) is 2.18. The molecule has 0 unspecified atom stereocenters. The maximum Gasteiger partial charge on any atom is 0.141 e. The van der Waals surface area contributed by atoms with Crippen molar-refractivity contribution in [1.82, 2.24) is 29.2 Å². The van der Waals surface area contributed by atoms with E-state index in [4.69, 9.17) is 0 Å². The van der Waals surface area contributed by atoms with Crippen molar-refractivity contribution in [1.29, 1.82) is 0 Å². The van der Waals surface area contributed by atoms with Crippen LogP contribution in [0.2, 0.25) is 0 Å². The van der Waals surface area contributed by atoms with E-state index in [0.717, 1.165) is 38.4 Å². The maximum atomic E-state index is 4.42. The topological polar surface area (TPSA) is 51.8 Å². The zero-order chi connectivity index (χ0) is 15.5. The number of nitrogens with zero attached hydrogens (tertiary/aromatic N) is 6. The largest absolute Gasteiger partial charge is 0.335 e. The van der Waals surface area contributed by atoms with Gasteiger partial charge in [0.2, 0.25) is 0 Å². The summed E-state index contributed by atoms with van der Waals surface area (Å²) in [5.41, 5.74) is 0. The first kappa shape index (κ1) is 15.2. The van der Waals surface area contributed by atoms with Crippen LogP contribution in [-0.4, -0.2) is 42.8 Å². The van der Waals surface area contributed by atoms with Gasteiger partial charge in [-0.2, -0.15) is 5.10 Å². The van der Waals surface area contributed by atoms with E-state index in [1.54, 1.807) is 6.33 Å². The molecule has 3 rings (SSSR count). The summed E-state index contributed by atoms with van der Waals surface area (Å²) >= 11 is 0. The SMILES string of the molecule is CC(C)Cn1ncnc1CN(C)C[C@H]1CCc2nccn2C1. The van der Waals surface area contributed by atoms with Gasteiger partial charge in [-0.3, -0.25) is 4.90 Å². The number of imidazole rings is 1. The van der Waals surface area contributed by atoms with Gasteiger partial charge in [0.25, 0.3) is 0 Å². The predicted molar refractivity (Wildman–Crippen MR) is 85.2 cm³/mol. The van der Waals surface area contributed by atoms with Crippen molar-refractivity contribution in [3.8, 4) is 0 Å². The average Bonchev–Trinajstić information content (AvgIpc) is 3.07. The molecule has 0 saturated heterocycles. The molecule has 0 bridgehead atoms. The molecule has 0 radical (unpaired) electrons. The lowest BCUT2D eigenvalue weighted by molar-refractivity contribution is 0.221. The van der Waals surface area contributed by atoms with Crippen molar-refractivity contribution in [3.63, 3.8) is 0 Å². The minimum atomic E-state index is 0.587. The quantitative estimate of drug-likeness (QED) is 0.817. The molecule has 120 valence electrons. The third-order valence-electron chi connectivity index (χ3n) is 4.25. The van der Waals surface area contributed by atoms with Crippen LogP contribution in [0.4, 0.5) is 0 Å². The van der Waals surface area contributed by atoms with Crippen LogP contribution in [0.15, 0.2) is 18.7 Å². The van der Waals surface area contributed by atoms with Crippen LogP contribution in [0.3, 0.4) is 0 Å². The van der Waals surface area contributed by atoms with Gasteiger partial charge < -0.3 is 4.57 Å². The highest BCUT2D eigenvalue weighted by Gasteiger charge is 2.20. The lowest BCUT2D eigenvalue weighted by atomic mass is 9.99. The van der Waals surface area contributed by atoms with Gasteiger partial charge in [-0.1, -0.05) is 13.8 Å². The van der Waals surface area contributed by atoms with Crippen LogP contribution in [0, 0.1) is 11.8 Å². The number of fused-ring (bicyclic) bond motifs is 1. The smallest absolute Gasteiger partial charge is 0.141 e. The lowest BCUT2D eigenvalue weighted by Crippen LogP contribution is -2.32. The molecular formula is C16H26N6. The highest BCUT2D eigenvalue weighted by atomic mass is 15.3. The van der Waals surface area contributed by atoms with Crippen LogP contribution >= 0.6 is 0 Å². The summed E-state index contributed by atoms with van der Waals surface area (Å²) in [6.07, 6.45) is 8.00. The lowest BCUT2D eigenvalue weighted by Gasteiger charge is -2.28. The predicted octanol–water partition coefficient (Wildman–Crippen LogP) is 1.82. The molecule has 1 aliphatic heterocycles. The van der Waals surface area contributed by atoms with Crippen LogP contribution < -0.4 is 0 Å². The first-order valence-corrected chi connectivity index (χ1v) is 8.17. The van der Waals surface area contributed by atoms with E-state index < -0.39 is 0 Å². The van der Waals surface area contributed by atoms with Crippen LogP contribution in [0.25, 0.3) is 0 Å². The summed E-state index contributed by atoms with van der Waals surface area (Å²) in [4.78, 5) is 11.2. The van der Waals surface area contributed by atoms with Crippen molar-refractivity contribution in [3.05, 3.63) is 30.4 Å². The molecule has 3 heterocycles. The zero-order valence-corrected chi connectivity index (χ0v) is 13.8. The van der Waals surface area contributed by atoms with Crippen LogP contribution in [0.5, 0.6) is 0 Å². The molecule has 2 aromatic heterocycles.